The van der Waals surface area contributed by atoms with Gasteiger partial charge in [-0.05, 0) is 53.7 Å². The van der Waals surface area contributed by atoms with Crippen molar-refractivity contribution in [3.8, 4) is 0 Å². The van der Waals surface area contributed by atoms with E-state index in [-0.39, 0.29) is 11.1 Å². The summed E-state index contributed by atoms with van der Waals surface area (Å²) in [5.74, 6) is 0. The van der Waals surface area contributed by atoms with E-state index in [2.05, 4.69) is 101 Å². The van der Waals surface area contributed by atoms with E-state index < -0.39 is 19.5 Å². The summed E-state index contributed by atoms with van der Waals surface area (Å²) in [6, 6.07) is 21.5. The second-order valence-electron chi connectivity index (χ2n) is 11.2. The normalized spacial score (nSPS) is 25.6. The molecule has 1 saturated carbocycles. The summed E-state index contributed by atoms with van der Waals surface area (Å²) >= 11 is 0. The Bertz CT molecular complexity index is 918. The first-order chi connectivity index (χ1) is 15.6. The van der Waals surface area contributed by atoms with Crippen molar-refractivity contribution in [3.05, 3.63) is 72.3 Å². The van der Waals surface area contributed by atoms with Gasteiger partial charge in [-0.15, -0.1) is 0 Å². The van der Waals surface area contributed by atoms with Crippen LogP contribution in [0.1, 0.15) is 66.7 Å². The number of aliphatic hydroxyl groups is 1. The minimum absolute atomic E-state index is 0.0726. The molecule has 0 aromatic heterocycles. The molecule has 1 aliphatic carbocycles. The lowest BCUT2D eigenvalue weighted by atomic mass is 9.73. The number of ether oxygens (including phenoxy) is 1. The number of hydrogen-bond acceptors (Lipinski definition) is 3. The van der Waals surface area contributed by atoms with Crippen molar-refractivity contribution in [2.24, 2.45) is 0 Å². The van der Waals surface area contributed by atoms with Crippen molar-refractivity contribution in [2.45, 2.75) is 89.1 Å². The fraction of sp³-hybridized carbons (Fsp3) is 0.517. The van der Waals surface area contributed by atoms with E-state index >= 15 is 0 Å². The van der Waals surface area contributed by atoms with Crippen molar-refractivity contribution in [2.75, 3.05) is 6.61 Å². The monoisotopic (exact) mass is 464 g/mol. The first-order valence-corrected chi connectivity index (χ1v) is 14.4. The highest BCUT2D eigenvalue weighted by atomic mass is 28.4. The third kappa shape index (κ3) is 4.39. The molecule has 2 aliphatic rings. The molecule has 178 valence electrons. The van der Waals surface area contributed by atoms with Crippen molar-refractivity contribution in [1.29, 1.82) is 0 Å². The molecule has 0 saturated heterocycles. The van der Waals surface area contributed by atoms with Crippen LogP contribution in [0.25, 0.3) is 0 Å². The van der Waals surface area contributed by atoms with Crippen LogP contribution in [0.2, 0.25) is 5.04 Å². The van der Waals surface area contributed by atoms with Gasteiger partial charge in [-0.2, -0.15) is 0 Å². The zero-order valence-corrected chi connectivity index (χ0v) is 21.9. The largest absolute Gasteiger partial charge is 0.404 e. The third-order valence-electron chi connectivity index (χ3n) is 7.87. The fourth-order valence-corrected chi connectivity index (χ4v) is 10.5. The number of hydrogen-bond donors (Lipinski definition) is 1. The quantitative estimate of drug-likeness (QED) is 0.462. The predicted molar refractivity (Wildman–Crippen MR) is 139 cm³/mol. The molecular formula is C29H40O3Si. The molecule has 1 fully saturated rings. The van der Waals surface area contributed by atoms with Crippen molar-refractivity contribution in [3.63, 3.8) is 0 Å². The lowest BCUT2D eigenvalue weighted by Crippen LogP contribution is -2.67. The Morgan fingerprint density at radius 2 is 1.45 bits per heavy atom. The van der Waals surface area contributed by atoms with Gasteiger partial charge >= 0.3 is 0 Å². The first-order valence-electron chi connectivity index (χ1n) is 12.5. The average molecular weight is 465 g/mol. The lowest BCUT2D eigenvalue weighted by molar-refractivity contribution is -0.171. The van der Waals surface area contributed by atoms with Crippen LogP contribution in [0.5, 0.6) is 0 Å². The smallest absolute Gasteiger partial charge is 0.261 e. The van der Waals surface area contributed by atoms with Gasteiger partial charge in [-0.3, -0.25) is 0 Å². The molecule has 0 spiro atoms. The topological polar surface area (TPSA) is 38.7 Å². The van der Waals surface area contributed by atoms with Crippen LogP contribution in [0.4, 0.5) is 0 Å². The zero-order chi connectivity index (χ0) is 23.7. The van der Waals surface area contributed by atoms with E-state index in [1.165, 1.54) is 16.8 Å². The summed E-state index contributed by atoms with van der Waals surface area (Å²) in [5.41, 5.74) is -0.287. The molecule has 2 aromatic rings. The molecule has 4 rings (SSSR count). The summed E-state index contributed by atoms with van der Waals surface area (Å²) in [6.45, 7) is 11.6. The molecule has 0 bridgehead atoms. The number of rotatable bonds is 6. The van der Waals surface area contributed by atoms with Crippen LogP contribution in [0, 0.1) is 0 Å². The zero-order valence-electron chi connectivity index (χ0n) is 20.9. The van der Waals surface area contributed by atoms with Crippen LogP contribution in [-0.2, 0) is 9.16 Å². The van der Waals surface area contributed by atoms with Gasteiger partial charge in [0.2, 0.25) is 0 Å². The van der Waals surface area contributed by atoms with Gasteiger partial charge in [0.25, 0.3) is 8.32 Å². The molecule has 0 radical (unpaired) electrons. The number of benzene rings is 2. The molecule has 1 heterocycles. The molecule has 33 heavy (non-hydrogen) atoms. The van der Waals surface area contributed by atoms with Gasteiger partial charge in [0, 0.05) is 0 Å². The summed E-state index contributed by atoms with van der Waals surface area (Å²) in [4.78, 5) is 0. The summed E-state index contributed by atoms with van der Waals surface area (Å²) in [5, 5.41) is 14.0. The Kier molecular flexibility index (Phi) is 6.76. The predicted octanol–water partition coefficient (Wildman–Crippen LogP) is 5.36. The summed E-state index contributed by atoms with van der Waals surface area (Å²) < 4.78 is 13.8. The van der Waals surface area contributed by atoms with Crippen LogP contribution >= 0.6 is 0 Å². The van der Waals surface area contributed by atoms with E-state index in [1.807, 2.05) is 0 Å². The molecule has 0 amide bonds. The Labute approximate surface area is 201 Å². The van der Waals surface area contributed by atoms with Gasteiger partial charge in [0.05, 0.1) is 12.2 Å². The van der Waals surface area contributed by atoms with E-state index in [1.54, 1.807) is 0 Å². The molecule has 2 aromatic carbocycles. The van der Waals surface area contributed by atoms with Gasteiger partial charge in [-0.1, -0.05) is 101 Å². The molecule has 1 aliphatic heterocycles. The Morgan fingerprint density at radius 3 is 1.94 bits per heavy atom. The Balaban J connectivity index is 1.66. The van der Waals surface area contributed by atoms with Gasteiger partial charge < -0.3 is 14.3 Å². The minimum atomic E-state index is -2.62. The van der Waals surface area contributed by atoms with Crippen molar-refractivity contribution in [1.82, 2.24) is 0 Å². The molecule has 4 heteroatoms. The second kappa shape index (κ2) is 9.14. The minimum Gasteiger partial charge on any atom is -0.404 e. The summed E-state index contributed by atoms with van der Waals surface area (Å²) in [7, 11) is -2.62. The average Bonchev–Trinajstić information content (AvgIpc) is 3.10. The standard InChI is InChI=1S/C29H40O3Si/c1-23-21-28(5,29(30)19-13-8-14-20-29)32-26(23)22-31-33(27(2,3)4,24-15-9-6-10-16-24)25-17-11-7-12-18-25/h6-7,9-12,15-18,21,26,30H,8,13-14,19-20,22H2,1-5H3/t26-,28+/m0/s1. The Hall–Kier alpha value is -1.72. The van der Waals surface area contributed by atoms with Crippen LogP contribution < -0.4 is 10.4 Å². The molecule has 1 N–H and O–H groups in total. The van der Waals surface area contributed by atoms with Crippen LogP contribution in [0.15, 0.2) is 72.3 Å². The first kappa shape index (κ1) is 24.4. The van der Waals surface area contributed by atoms with E-state index in [4.69, 9.17) is 9.16 Å². The van der Waals surface area contributed by atoms with Gasteiger partial charge in [-0.25, -0.2) is 0 Å². The van der Waals surface area contributed by atoms with Crippen LogP contribution in [0.3, 0.4) is 0 Å². The lowest BCUT2D eigenvalue weighted by Gasteiger charge is -2.45. The highest BCUT2D eigenvalue weighted by Gasteiger charge is 2.53. The van der Waals surface area contributed by atoms with E-state index in [9.17, 15) is 5.11 Å². The molecule has 2 atom stereocenters. The van der Waals surface area contributed by atoms with E-state index in [0.717, 1.165) is 31.3 Å². The maximum absolute atomic E-state index is 11.5. The van der Waals surface area contributed by atoms with Crippen molar-refractivity contribution >= 4 is 18.7 Å². The molecule has 3 nitrogen and oxygen atoms in total. The Morgan fingerprint density at radius 1 is 0.939 bits per heavy atom. The van der Waals surface area contributed by atoms with E-state index in [0.29, 0.717) is 6.61 Å². The maximum atomic E-state index is 11.5. The van der Waals surface area contributed by atoms with Gasteiger partial charge in [0.1, 0.15) is 11.7 Å². The third-order valence-corrected chi connectivity index (χ3v) is 12.9. The fourth-order valence-electron chi connectivity index (χ4n) is 5.95. The van der Waals surface area contributed by atoms with Crippen LogP contribution in [-0.4, -0.2) is 37.3 Å². The summed E-state index contributed by atoms with van der Waals surface area (Å²) in [6.07, 6.45) is 6.93. The highest BCUT2D eigenvalue weighted by Crippen LogP contribution is 2.45. The maximum Gasteiger partial charge on any atom is 0.261 e. The SMILES string of the molecule is CC1=C[C@](C)(C2(O)CCCCC2)O[C@H]1CO[Si](c1ccccc1)(c1ccccc1)C(C)(C)C. The molecular weight excluding hydrogens is 424 g/mol. The van der Waals surface area contributed by atoms with Gasteiger partial charge in [0.15, 0.2) is 0 Å². The second-order valence-corrected chi connectivity index (χ2v) is 15.5. The molecule has 0 unspecified atom stereocenters. The highest BCUT2D eigenvalue weighted by molar-refractivity contribution is 6.99. The van der Waals surface area contributed by atoms with Crippen molar-refractivity contribution < 1.29 is 14.3 Å².